The van der Waals surface area contributed by atoms with E-state index in [0.29, 0.717) is 17.7 Å². The second kappa shape index (κ2) is 11.9. The maximum atomic E-state index is 12.6. The van der Waals surface area contributed by atoms with Crippen LogP contribution in [-0.2, 0) is 25.6 Å². The first-order valence-corrected chi connectivity index (χ1v) is 10.2. The number of aliphatic carboxylic acids is 1. The summed E-state index contributed by atoms with van der Waals surface area (Å²) in [5.41, 5.74) is 11.5. The Morgan fingerprint density at radius 3 is 2.17 bits per heavy atom. The molecule has 10 nitrogen and oxygen atoms in total. The SMILES string of the molecule is CSCC[C@H](N)C(=O)N[C@@H](Cc1ccc(O)cc1)C(=O)N[C@@H](CC(N)=O)C(=O)O. The molecule has 0 aromatic heterocycles. The third kappa shape index (κ3) is 8.83. The Hall–Kier alpha value is -2.79. The van der Waals surface area contributed by atoms with Crippen LogP contribution in [0.2, 0.25) is 0 Å². The average Bonchev–Trinajstić information content (AvgIpc) is 2.65. The number of hydrogen-bond acceptors (Lipinski definition) is 7. The van der Waals surface area contributed by atoms with Crippen molar-refractivity contribution in [1.82, 2.24) is 10.6 Å². The summed E-state index contributed by atoms with van der Waals surface area (Å²) < 4.78 is 0. The first kappa shape index (κ1) is 24.2. The molecule has 160 valence electrons. The van der Waals surface area contributed by atoms with Gasteiger partial charge in [0.15, 0.2) is 0 Å². The number of benzene rings is 1. The topological polar surface area (TPSA) is 185 Å². The Balaban J connectivity index is 2.96. The molecule has 1 aromatic rings. The van der Waals surface area contributed by atoms with E-state index in [4.69, 9.17) is 11.5 Å². The molecule has 3 atom stereocenters. The van der Waals surface area contributed by atoms with Gasteiger partial charge in [0.1, 0.15) is 17.8 Å². The maximum Gasteiger partial charge on any atom is 0.326 e. The van der Waals surface area contributed by atoms with Gasteiger partial charge in [0, 0.05) is 6.42 Å². The van der Waals surface area contributed by atoms with Gasteiger partial charge in [-0.25, -0.2) is 4.79 Å². The van der Waals surface area contributed by atoms with Crippen LogP contribution < -0.4 is 22.1 Å². The third-order valence-corrected chi connectivity index (χ3v) is 4.64. The number of nitrogens with two attached hydrogens (primary N) is 2. The molecule has 0 spiro atoms. The number of carbonyl (C=O) groups is 4. The van der Waals surface area contributed by atoms with Crippen molar-refractivity contribution in [2.24, 2.45) is 11.5 Å². The Morgan fingerprint density at radius 1 is 1.07 bits per heavy atom. The number of rotatable bonds is 12. The van der Waals surface area contributed by atoms with E-state index in [9.17, 15) is 29.4 Å². The minimum Gasteiger partial charge on any atom is -0.508 e. The molecule has 0 bridgehead atoms. The molecule has 0 aliphatic heterocycles. The van der Waals surface area contributed by atoms with Crippen LogP contribution in [-0.4, -0.2) is 64.0 Å². The van der Waals surface area contributed by atoms with Gasteiger partial charge in [-0.05, 0) is 36.1 Å². The fraction of sp³-hybridized carbons (Fsp3) is 0.444. The molecule has 0 heterocycles. The summed E-state index contributed by atoms with van der Waals surface area (Å²) in [5.74, 6) is -2.98. The van der Waals surface area contributed by atoms with Gasteiger partial charge in [0.2, 0.25) is 17.7 Å². The number of thioether (sulfide) groups is 1. The number of nitrogens with one attached hydrogen (secondary N) is 2. The largest absolute Gasteiger partial charge is 0.508 e. The van der Waals surface area contributed by atoms with Gasteiger partial charge in [-0.2, -0.15) is 11.8 Å². The molecule has 0 radical (unpaired) electrons. The number of amides is 3. The number of phenols is 1. The molecule has 8 N–H and O–H groups in total. The Labute approximate surface area is 172 Å². The highest BCUT2D eigenvalue weighted by Gasteiger charge is 2.29. The van der Waals surface area contributed by atoms with E-state index in [1.807, 2.05) is 6.26 Å². The van der Waals surface area contributed by atoms with Crippen LogP contribution in [0.1, 0.15) is 18.4 Å². The highest BCUT2D eigenvalue weighted by molar-refractivity contribution is 7.98. The molecule has 29 heavy (non-hydrogen) atoms. The fourth-order valence-corrected chi connectivity index (χ4v) is 2.89. The minimum atomic E-state index is -1.52. The zero-order chi connectivity index (χ0) is 22.0. The number of carbonyl (C=O) groups excluding carboxylic acids is 3. The lowest BCUT2D eigenvalue weighted by atomic mass is 10.0. The molecule has 1 rings (SSSR count). The predicted molar refractivity (Wildman–Crippen MR) is 108 cm³/mol. The summed E-state index contributed by atoms with van der Waals surface area (Å²) in [6.45, 7) is 0. The summed E-state index contributed by atoms with van der Waals surface area (Å²) >= 11 is 1.52. The smallest absolute Gasteiger partial charge is 0.326 e. The molecular formula is C18H26N4O6S. The molecule has 0 fully saturated rings. The number of carboxylic acids is 1. The zero-order valence-corrected chi connectivity index (χ0v) is 16.8. The van der Waals surface area contributed by atoms with E-state index in [0.717, 1.165) is 0 Å². The predicted octanol–water partition coefficient (Wildman–Crippen LogP) is -1.06. The van der Waals surface area contributed by atoms with E-state index in [1.54, 1.807) is 12.1 Å². The van der Waals surface area contributed by atoms with E-state index in [1.165, 1.54) is 23.9 Å². The lowest BCUT2D eigenvalue weighted by Gasteiger charge is -2.22. The number of phenolic OH excluding ortho intramolecular Hbond substituents is 1. The number of hydrogen-bond donors (Lipinski definition) is 6. The minimum absolute atomic E-state index is 0.0238. The van der Waals surface area contributed by atoms with Crippen molar-refractivity contribution < 1.29 is 29.4 Å². The molecule has 0 unspecified atom stereocenters. The Morgan fingerprint density at radius 2 is 1.66 bits per heavy atom. The highest BCUT2D eigenvalue weighted by Crippen LogP contribution is 2.12. The van der Waals surface area contributed by atoms with Gasteiger partial charge >= 0.3 is 5.97 Å². The van der Waals surface area contributed by atoms with Gasteiger partial charge in [-0.1, -0.05) is 12.1 Å². The van der Waals surface area contributed by atoms with E-state index in [2.05, 4.69) is 10.6 Å². The molecule has 0 saturated carbocycles. The van der Waals surface area contributed by atoms with Crippen molar-refractivity contribution in [2.75, 3.05) is 12.0 Å². The Kier molecular flexibility index (Phi) is 9.97. The van der Waals surface area contributed by atoms with Gasteiger partial charge < -0.3 is 32.3 Å². The standard InChI is InChI=1S/C18H26N4O6S/c1-29-7-6-12(19)16(25)21-13(8-10-2-4-11(23)5-3-10)17(26)22-14(18(27)28)9-15(20)24/h2-5,12-14,23H,6-9,19H2,1H3,(H2,20,24)(H,21,25)(H,22,26)(H,27,28)/t12-,13-,14-/m0/s1. The van der Waals surface area contributed by atoms with Crippen molar-refractivity contribution in [3.05, 3.63) is 29.8 Å². The summed E-state index contributed by atoms with van der Waals surface area (Å²) in [6.07, 6.45) is 1.71. The number of aromatic hydroxyl groups is 1. The molecule has 1 aromatic carbocycles. The lowest BCUT2D eigenvalue weighted by Crippen LogP contribution is -2.55. The van der Waals surface area contributed by atoms with Crippen molar-refractivity contribution in [3.8, 4) is 5.75 Å². The summed E-state index contributed by atoms with van der Waals surface area (Å²) in [6, 6.07) is 2.47. The molecule has 0 aliphatic carbocycles. The third-order valence-electron chi connectivity index (χ3n) is 4.00. The molecule has 11 heteroatoms. The first-order chi connectivity index (χ1) is 13.6. The van der Waals surface area contributed by atoms with Crippen molar-refractivity contribution >= 4 is 35.5 Å². The number of primary amides is 1. The van der Waals surface area contributed by atoms with Crippen molar-refractivity contribution in [2.45, 2.75) is 37.4 Å². The first-order valence-electron chi connectivity index (χ1n) is 8.78. The van der Waals surface area contributed by atoms with Gasteiger partial charge in [0.05, 0.1) is 12.5 Å². The van der Waals surface area contributed by atoms with Crippen LogP contribution in [0.4, 0.5) is 0 Å². The molecule has 0 saturated heterocycles. The van der Waals surface area contributed by atoms with Crippen LogP contribution >= 0.6 is 11.8 Å². The monoisotopic (exact) mass is 426 g/mol. The van der Waals surface area contributed by atoms with Gasteiger partial charge in [0.25, 0.3) is 0 Å². The van der Waals surface area contributed by atoms with Gasteiger partial charge in [-0.3, -0.25) is 14.4 Å². The molecule has 3 amide bonds. The quantitative estimate of drug-likeness (QED) is 0.244. The highest BCUT2D eigenvalue weighted by atomic mass is 32.2. The summed E-state index contributed by atoms with van der Waals surface area (Å²) in [4.78, 5) is 47.3. The molecular weight excluding hydrogens is 400 g/mol. The Bertz CT molecular complexity index is 728. The van der Waals surface area contributed by atoms with Crippen molar-refractivity contribution in [1.29, 1.82) is 0 Å². The van der Waals surface area contributed by atoms with Crippen LogP contribution in [0.3, 0.4) is 0 Å². The van der Waals surface area contributed by atoms with Crippen molar-refractivity contribution in [3.63, 3.8) is 0 Å². The van der Waals surface area contributed by atoms with E-state index >= 15 is 0 Å². The number of carboxylic acid groups (broad SMARTS) is 1. The zero-order valence-electron chi connectivity index (χ0n) is 16.0. The lowest BCUT2D eigenvalue weighted by molar-refractivity contribution is -0.143. The second-order valence-corrected chi connectivity index (χ2v) is 7.38. The summed E-state index contributed by atoms with van der Waals surface area (Å²) in [5, 5.41) is 23.3. The normalized spacial score (nSPS) is 13.7. The van der Waals surface area contributed by atoms with E-state index < -0.39 is 48.2 Å². The van der Waals surface area contributed by atoms with Crippen LogP contribution in [0.15, 0.2) is 24.3 Å². The van der Waals surface area contributed by atoms with E-state index in [-0.39, 0.29) is 12.2 Å². The van der Waals surface area contributed by atoms with Crippen LogP contribution in [0.25, 0.3) is 0 Å². The average molecular weight is 426 g/mol. The maximum absolute atomic E-state index is 12.6. The van der Waals surface area contributed by atoms with Crippen LogP contribution in [0.5, 0.6) is 5.75 Å². The summed E-state index contributed by atoms with van der Waals surface area (Å²) in [7, 11) is 0. The molecule has 0 aliphatic rings. The van der Waals surface area contributed by atoms with Gasteiger partial charge in [-0.15, -0.1) is 0 Å². The van der Waals surface area contributed by atoms with Crippen LogP contribution in [0, 0.1) is 0 Å². The fourth-order valence-electron chi connectivity index (χ4n) is 2.41. The second-order valence-electron chi connectivity index (χ2n) is 6.39.